The molecule has 0 saturated carbocycles. The molecule has 0 spiro atoms. The highest BCUT2D eigenvalue weighted by Gasteiger charge is 2.28. The normalized spacial score (nSPS) is 16.2. The summed E-state index contributed by atoms with van der Waals surface area (Å²) in [7, 11) is 1.36. The predicted octanol–water partition coefficient (Wildman–Crippen LogP) is 1.25. The maximum absolute atomic E-state index is 13.0. The maximum atomic E-state index is 13.0. The first kappa shape index (κ1) is 13.5. The topological polar surface area (TPSA) is 59.5 Å². The molecule has 1 amide bonds. The van der Waals surface area contributed by atoms with Crippen molar-refractivity contribution in [3.63, 3.8) is 0 Å². The summed E-state index contributed by atoms with van der Waals surface area (Å²) in [4.78, 5) is 28.7. The number of likely N-dealkylation sites (tertiary alicyclic amines) is 1. The van der Waals surface area contributed by atoms with Crippen LogP contribution in [-0.2, 0) is 9.53 Å². The van der Waals surface area contributed by atoms with E-state index in [0.717, 1.165) is 6.20 Å². The van der Waals surface area contributed by atoms with Gasteiger partial charge in [0.25, 0.3) is 5.91 Å². The molecule has 0 atom stereocenters. The standard InChI is InChI=1S/C13H15FN2O3/c1-19-13(18)9-2-4-16(5-3-9)12(17)10-6-11(14)8-15-7-10/h6-9H,2-5H2,1H3. The number of ether oxygens (including phenoxy) is 1. The number of methoxy groups -OCH3 is 1. The van der Waals surface area contributed by atoms with Crippen LogP contribution in [0.3, 0.4) is 0 Å². The number of halogens is 1. The van der Waals surface area contributed by atoms with Gasteiger partial charge in [0.05, 0.1) is 24.8 Å². The smallest absolute Gasteiger partial charge is 0.308 e. The lowest BCUT2D eigenvalue weighted by atomic mass is 9.96. The summed E-state index contributed by atoms with van der Waals surface area (Å²) in [5, 5.41) is 0. The Balaban J connectivity index is 1.98. The van der Waals surface area contributed by atoms with Crippen LogP contribution in [0.1, 0.15) is 23.2 Å². The molecule has 5 nitrogen and oxygen atoms in total. The molecule has 1 aliphatic heterocycles. The molecular formula is C13H15FN2O3. The van der Waals surface area contributed by atoms with Gasteiger partial charge in [-0.2, -0.15) is 0 Å². The van der Waals surface area contributed by atoms with Gasteiger partial charge in [0.15, 0.2) is 0 Å². The summed E-state index contributed by atoms with van der Waals surface area (Å²) >= 11 is 0. The second-order valence-corrected chi connectivity index (χ2v) is 4.48. The third kappa shape index (κ3) is 3.07. The average Bonchev–Trinajstić information content (AvgIpc) is 2.46. The Labute approximate surface area is 110 Å². The van der Waals surface area contributed by atoms with E-state index >= 15 is 0 Å². The van der Waals surface area contributed by atoms with Crippen LogP contribution in [0.4, 0.5) is 4.39 Å². The number of piperidine rings is 1. The second kappa shape index (κ2) is 5.77. The summed E-state index contributed by atoms with van der Waals surface area (Å²) in [5.41, 5.74) is 0.233. The molecule has 0 aromatic carbocycles. The number of aromatic nitrogens is 1. The van der Waals surface area contributed by atoms with Gasteiger partial charge in [-0.05, 0) is 18.9 Å². The number of rotatable bonds is 2. The molecule has 0 bridgehead atoms. The van der Waals surface area contributed by atoms with Crippen molar-refractivity contribution in [2.45, 2.75) is 12.8 Å². The Morgan fingerprint density at radius 2 is 2.05 bits per heavy atom. The third-order valence-corrected chi connectivity index (χ3v) is 3.27. The van der Waals surface area contributed by atoms with Crippen molar-refractivity contribution in [2.24, 2.45) is 5.92 Å². The van der Waals surface area contributed by atoms with Crippen LogP contribution in [0.25, 0.3) is 0 Å². The highest BCUT2D eigenvalue weighted by Crippen LogP contribution is 2.20. The molecule has 1 aliphatic rings. The molecule has 1 aromatic rings. The van der Waals surface area contributed by atoms with Gasteiger partial charge in [0, 0.05) is 19.3 Å². The number of hydrogen-bond acceptors (Lipinski definition) is 4. The first-order valence-electron chi connectivity index (χ1n) is 6.09. The molecule has 0 unspecified atom stereocenters. The van der Waals surface area contributed by atoms with Crippen LogP contribution < -0.4 is 0 Å². The SMILES string of the molecule is COC(=O)C1CCN(C(=O)c2cncc(F)c2)CC1. The van der Waals surface area contributed by atoms with Gasteiger partial charge in [-0.1, -0.05) is 0 Å². The van der Waals surface area contributed by atoms with Crippen LogP contribution in [0.2, 0.25) is 0 Å². The summed E-state index contributed by atoms with van der Waals surface area (Å²) < 4.78 is 17.7. The van der Waals surface area contributed by atoms with Crippen molar-refractivity contribution in [1.82, 2.24) is 9.88 Å². The van der Waals surface area contributed by atoms with Crippen molar-refractivity contribution in [3.8, 4) is 0 Å². The van der Waals surface area contributed by atoms with E-state index in [9.17, 15) is 14.0 Å². The molecule has 0 N–H and O–H groups in total. The first-order valence-corrected chi connectivity index (χ1v) is 6.09. The molecule has 6 heteroatoms. The molecule has 19 heavy (non-hydrogen) atoms. The Morgan fingerprint density at radius 3 is 2.63 bits per heavy atom. The summed E-state index contributed by atoms with van der Waals surface area (Å²) in [5.74, 6) is -1.18. The zero-order valence-corrected chi connectivity index (χ0v) is 10.6. The Morgan fingerprint density at radius 1 is 1.37 bits per heavy atom. The van der Waals surface area contributed by atoms with Crippen LogP contribution in [0.15, 0.2) is 18.5 Å². The van der Waals surface area contributed by atoms with E-state index in [1.54, 1.807) is 4.90 Å². The summed E-state index contributed by atoms with van der Waals surface area (Å²) in [6, 6.07) is 1.17. The van der Waals surface area contributed by atoms with Crippen molar-refractivity contribution in [2.75, 3.05) is 20.2 Å². The zero-order valence-electron chi connectivity index (χ0n) is 10.6. The average molecular weight is 266 g/mol. The van der Waals surface area contributed by atoms with Crippen LogP contribution in [-0.4, -0.2) is 42.0 Å². The zero-order chi connectivity index (χ0) is 13.8. The lowest BCUT2D eigenvalue weighted by molar-refractivity contribution is -0.146. The Kier molecular flexibility index (Phi) is 4.09. The van der Waals surface area contributed by atoms with E-state index in [2.05, 4.69) is 9.72 Å². The molecule has 1 fully saturated rings. The van der Waals surface area contributed by atoms with Crippen molar-refractivity contribution in [3.05, 3.63) is 29.8 Å². The van der Waals surface area contributed by atoms with E-state index in [1.807, 2.05) is 0 Å². The minimum atomic E-state index is -0.532. The highest BCUT2D eigenvalue weighted by atomic mass is 19.1. The fourth-order valence-electron chi connectivity index (χ4n) is 2.20. The molecule has 102 valence electrons. The number of carbonyl (C=O) groups is 2. The molecule has 2 heterocycles. The van der Waals surface area contributed by atoms with E-state index in [1.165, 1.54) is 19.4 Å². The second-order valence-electron chi connectivity index (χ2n) is 4.48. The van der Waals surface area contributed by atoms with E-state index in [4.69, 9.17) is 0 Å². The number of hydrogen-bond donors (Lipinski definition) is 0. The Bertz CT molecular complexity index is 485. The van der Waals surface area contributed by atoms with Crippen LogP contribution >= 0.6 is 0 Å². The molecule has 1 aromatic heterocycles. The van der Waals surface area contributed by atoms with Crippen molar-refractivity contribution >= 4 is 11.9 Å². The largest absolute Gasteiger partial charge is 0.469 e. The summed E-state index contributed by atoms with van der Waals surface area (Å²) in [6.45, 7) is 0.935. The van der Waals surface area contributed by atoms with Gasteiger partial charge in [-0.3, -0.25) is 14.6 Å². The van der Waals surface area contributed by atoms with Gasteiger partial charge < -0.3 is 9.64 Å². The van der Waals surface area contributed by atoms with Gasteiger partial charge in [0.2, 0.25) is 0 Å². The number of esters is 1. The number of nitrogens with zero attached hydrogens (tertiary/aromatic N) is 2. The van der Waals surface area contributed by atoms with Crippen LogP contribution in [0, 0.1) is 11.7 Å². The predicted molar refractivity (Wildman–Crippen MR) is 64.8 cm³/mol. The van der Waals surface area contributed by atoms with Gasteiger partial charge >= 0.3 is 5.97 Å². The monoisotopic (exact) mass is 266 g/mol. The van der Waals surface area contributed by atoms with Gasteiger partial charge in [0.1, 0.15) is 5.82 Å². The van der Waals surface area contributed by atoms with E-state index in [-0.39, 0.29) is 23.4 Å². The van der Waals surface area contributed by atoms with E-state index < -0.39 is 5.82 Å². The first-order chi connectivity index (χ1) is 9.11. The van der Waals surface area contributed by atoms with Crippen molar-refractivity contribution < 1.29 is 18.7 Å². The lowest BCUT2D eigenvalue weighted by Crippen LogP contribution is -2.40. The van der Waals surface area contributed by atoms with Gasteiger partial charge in [-0.15, -0.1) is 0 Å². The Hall–Kier alpha value is -1.98. The maximum Gasteiger partial charge on any atom is 0.308 e. The summed E-state index contributed by atoms with van der Waals surface area (Å²) in [6.07, 6.45) is 3.54. The molecular weight excluding hydrogens is 251 g/mol. The lowest BCUT2D eigenvalue weighted by Gasteiger charge is -2.30. The molecule has 0 radical (unpaired) electrons. The highest BCUT2D eigenvalue weighted by molar-refractivity contribution is 5.94. The number of carbonyl (C=O) groups excluding carboxylic acids is 2. The minimum absolute atomic E-state index is 0.153. The van der Waals surface area contributed by atoms with E-state index in [0.29, 0.717) is 25.9 Å². The molecule has 1 saturated heterocycles. The molecule has 2 rings (SSSR count). The van der Waals surface area contributed by atoms with Crippen molar-refractivity contribution in [1.29, 1.82) is 0 Å². The molecule has 0 aliphatic carbocycles. The number of pyridine rings is 1. The fourth-order valence-corrected chi connectivity index (χ4v) is 2.20. The minimum Gasteiger partial charge on any atom is -0.469 e. The fraction of sp³-hybridized carbons (Fsp3) is 0.462. The van der Waals surface area contributed by atoms with Gasteiger partial charge in [-0.25, -0.2) is 4.39 Å². The quantitative estimate of drug-likeness (QED) is 0.756. The van der Waals surface area contributed by atoms with Crippen LogP contribution in [0.5, 0.6) is 0 Å². The number of amides is 1. The third-order valence-electron chi connectivity index (χ3n) is 3.27.